The van der Waals surface area contributed by atoms with Gasteiger partial charge in [0.15, 0.2) is 0 Å². The van der Waals surface area contributed by atoms with Gasteiger partial charge in [0.1, 0.15) is 12.4 Å². The van der Waals surface area contributed by atoms with Crippen molar-refractivity contribution in [2.24, 2.45) is 0 Å². The first-order valence-electron chi connectivity index (χ1n) is 13.3. The molecule has 0 saturated heterocycles. The summed E-state index contributed by atoms with van der Waals surface area (Å²) in [4.78, 5) is 2.36. The van der Waals surface area contributed by atoms with Crippen molar-refractivity contribution >= 4 is 17.1 Å². The molecule has 0 fully saturated rings. The molecule has 2 heteroatoms. The van der Waals surface area contributed by atoms with Gasteiger partial charge in [-0.1, -0.05) is 115 Å². The predicted molar refractivity (Wildman–Crippen MR) is 162 cm³/mol. The average Bonchev–Trinajstić information content (AvgIpc) is 3.02. The van der Waals surface area contributed by atoms with E-state index in [-0.39, 0.29) is 0 Å². The van der Waals surface area contributed by atoms with Crippen molar-refractivity contribution in [3.05, 3.63) is 157 Å². The van der Waals surface area contributed by atoms with Gasteiger partial charge in [0.05, 0.1) is 5.69 Å². The second-order valence-corrected chi connectivity index (χ2v) is 9.76. The maximum Gasteiger partial charge on any atom is 0.127 e. The fourth-order valence-corrected chi connectivity index (χ4v) is 5.46. The zero-order valence-electron chi connectivity index (χ0n) is 21.5. The molecule has 6 aromatic carbocycles. The van der Waals surface area contributed by atoms with E-state index in [1.54, 1.807) is 0 Å². The summed E-state index contributed by atoms with van der Waals surface area (Å²) in [7, 11) is 0. The van der Waals surface area contributed by atoms with Crippen molar-refractivity contribution in [2.45, 2.75) is 6.61 Å². The van der Waals surface area contributed by atoms with E-state index in [2.05, 4.69) is 144 Å². The lowest BCUT2D eigenvalue weighted by molar-refractivity contribution is 0.302. The van der Waals surface area contributed by atoms with Gasteiger partial charge in [-0.15, -0.1) is 0 Å². The number of fused-ring (bicyclic) bond motifs is 3. The Morgan fingerprint density at radius 2 is 1.03 bits per heavy atom. The van der Waals surface area contributed by atoms with Gasteiger partial charge in [-0.2, -0.15) is 0 Å². The lowest BCUT2D eigenvalue weighted by Crippen LogP contribution is -2.13. The minimum absolute atomic E-state index is 0.557. The van der Waals surface area contributed by atoms with Crippen LogP contribution in [0.3, 0.4) is 0 Å². The highest BCUT2D eigenvalue weighted by molar-refractivity contribution is 5.89. The van der Waals surface area contributed by atoms with Crippen molar-refractivity contribution in [1.29, 1.82) is 0 Å². The summed E-state index contributed by atoms with van der Waals surface area (Å²) < 4.78 is 6.14. The largest absolute Gasteiger partial charge is 0.488 e. The quantitative estimate of drug-likeness (QED) is 0.233. The molecule has 186 valence electrons. The fraction of sp³-hybridized carbons (Fsp3) is 0.0270. The van der Waals surface area contributed by atoms with Crippen molar-refractivity contribution < 1.29 is 4.74 Å². The Morgan fingerprint density at radius 3 is 1.79 bits per heavy atom. The molecule has 7 rings (SSSR count). The van der Waals surface area contributed by atoms with E-state index < -0.39 is 0 Å². The van der Waals surface area contributed by atoms with Crippen molar-refractivity contribution in [3.8, 4) is 39.1 Å². The van der Waals surface area contributed by atoms with Crippen LogP contribution in [0, 0.1) is 0 Å². The van der Waals surface area contributed by atoms with Crippen LogP contribution in [0.1, 0.15) is 5.56 Å². The molecule has 1 aliphatic heterocycles. The molecule has 1 aliphatic rings. The molecule has 0 bridgehead atoms. The molecule has 39 heavy (non-hydrogen) atoms. The summed E-state index contributed by atoms with van der Waals surface area (Å²) >= 11 is 0. The van der Waals surface area contributed by atoms with Crippen LogP contribution < -0.4 is 9.64 Å². The summed E-state index contributed by atoms with van der Waals surface area (Å²) in [6.07, 6.45) is 0. The van der Waals surface area contributed by atoms with Crippen LogP contribution in [-0.2, 0) is 6.61 Å². The zero-order valence-corrected chi connectivity index (χ0v) is 21.5. The summed E-state index contributed by atoms with van der Waals surface area (Å²) in [6, 6.07) is 53.6. The smallest absolute Gasteiger partial charge is 0.127 e. The van der Waals surface area contributed by atoms with Gasteiger partial charge in [0, 0.05) is 22.5 Å². The number of nitrogens with zero attached hydrogens (tertiary/aromatic N) is 1. The Labute approximate surface area is 229 Å². The van der Waals surface area contributed by atoms with Crippen LogP contribution >= 0.6 is 0 Å². The number of anilines is 3. The Hall–Kier alpha value is -5.08. The minimum Gasteiger partial charge on any atom is -0.488 e. The Balaban J connectivity index is 1.38. The SMILES string of the molecule is c1ccc(-c2ccc(N(c3ccc4c(c3)COc3ccccc3-4)c3ccccc3-c3ccccc3)cc2)cc1. The van der Waals surface area contributed by atoms with Gasteiger partial charge in [-0.25, -0.2) is 0 Å². The van der Waals surface area contributed by atoms with E-state index in [0.29, 0.717) is 6.61 Å². The maximum absolute atomic E-state index is 6.14. The fourth-order valence-electron chi connectivity index (χ4n) is 5.46. The average molecular weight is 502 g/mol. The molecular weight excluding hydrogens is 474 g/mol. The highest BCUT2D eigenvalue weighted by Crippen LogP contribution is 2.44. The van der Waals surface area contributed by atoms with E-state index in [1.165, 1.54) is 33.4 Å². The van der Waals surface area contributed by atoms with Gasteiger partial charge >= 0.3 is 0 Å². The molecule has 1 heterocycles. The third-order valence-electron chi connectivity index (χ3n) is 7.37. The van der Waals surface area contributed by atoms with Crippen LogP contribution in [0.5, 0.6) is 5.75 Å². The lowest BCUT2D eigenvalue weighted by Gasteiger charge is -2.30. The molecule has 0 N–H and O–H groups in total. The van der Waals surface area contributed by atoms with Gasteiger partial charge < -0.3 is 9.64 Å². The van der Waals surface area contributed by atoms with Gasteiger partial charge in [0.25, 0.3) is 0 Å². The van der Waals surface area contributed by atoms with Crippen LogP contribution in [0.2, 0.25) is 0 Å². The van der Waals surface area contributed by atoms with E-state index >= 15 is 0 Å². The number of benzene rings is 6. The van der Waals surface area contributed by atoms with Gasteiger partial charge in [-0.05, 0) is 64.2 Å². The molecule has 0 saturated carbocycles. The van der Waals surface area contributed by atoms with E-state index in [4.69, 9.17) is 4.74 Å². The lowest BCUT2D eigenvalue weighted by atomic mass is 9.95. The first kappa shape index (κ1) is 23.1. The number of ether oxygens (including phenoxy) is 1. The third-order valence-corrected chi connectivity index (χ3v) is 7.37. The molecule has 0 spiro atoms. The van der Waals surface area contributed by atoms with Crippen LogP contribution in [0.25, 0.3) is 33.4 Å². The standard InChI is InChI=1S/C37H27NO/c1-3-11-27(12-4-1)28-19-21-31(22-20-28)38(36-17-9-7-15-34(36)29-13-5-2-6-14-29)32-23-24-33-30(25-32)26-39-37-18-10-8-16-35(33)37/h1-25H,26H2. The van der Waals surface area contributed by atoms with Crippen molar-refractivity contribution in [3.63, 3.8) is 0 Å². The van der Waals surface area contributed by atoms with Crippen LogP contribution in [0.4, 0.5) is 17.1 Å². The van der Waals surface area contributed by atoms with Crippen LogP contribution in [-0.4, -0.2) is 0 Å². The summed E-state index contributed by atoms with van der Waals surface area (Å²) in [6.45, 7) is 0.557. The first-order chi connectivity index (χ1) is 19.3. The molecule has 0 aliphatic carbocycles. The Bertz CT molecular complexity index is 1740. The second-order valence-electron chi connectivity index (χ2n) is 9.76. The molecule has 0 aromatic heterocycles. The molecule has 0 unspecified atom stereocenters. The Kier molecular flexibility index (Phi) is 5.91. The topological polar surface area (TPSA) is 12.5 Å². The Morgan fingerprint density at radius 1 is 0.436 bits per heavy atom. The number of rotatable bonds is 5. The first-order valence-corrected chi connectivity index (χ1v) is 13.3. The highest BCUT2D eigenvalue weighted by atomic mass is 16.5. The van der Waals surface area contributed by atoms with Gasteiger partial charge in [0.2, 0.25) is 0 Å². The molecule has 0 amide bonds. The third kappa shape index (κ3) is 4.36. The van der Waals surface area contributed by atoms with Crippen molar-refractivity contribution in [1.82, 2.24) is 0 Å². The molecule has 0 atom stereocenters. The second kappa shape index (κ2) is 10.00. The molecule has 6 aromatic rings. The normalized spacial score (nSPS) is 11.7. The zero-order chi connectivity index (χ0) is 26.0. The predicted octanol–water partition coefficient (Wildman–Crippen LogP) is 10.0. The van der Waals surface area contributed by atoms with Crippen LogP contribution in [0.15, 0.2) is 152 Å². The number of hydrogen-bond donors (Lipinski definition) is 0. The molecule has 2 nitrogen and oxygen atoms in total. The van der Waals surface area contributed by atoms with E-state index in [1.807, 2.05) is 12.1 Å². The van der Waals surface area contributed by atoms with E-state index in [0.717, 1.165) is 28.4 Å². The van der Waals surface area contributed by atoms with Gasteiger partial charge in [-0.3, -0.25) is 0 Å². The van der Waals surface area contributed by atoms with Crippen molar-refractivity contribution in [2.75, 3.05) is 4.90 Å². The maximum atomic E-state index is 6.14. The van der Waals surface area contributed by atoms with E-state index in [9.17, 15) is 0 Å². The molecule has 0 radical (unpaired) electrons. The highest BCUT2D eigenvalue weighted by Gasteiger charge is 2.21. The minimum atomic E-state index is 0.557. The number of para-hydroxylation sites is 2. The monoisotopic (exact) mass is 501 g/mol. The summed E-state index contributed by atoms with van der Waals surface area (Å²) in [5.74, 6) is 0.945. The molecular formula is C37H27NO. The summed E-state index contributed by atoms with van der Waals surface area (Å²) in [5.41, 5.74) is 11.7. The summed E-state index contributed by atoms with van der Waals surface area (Å²) in [5, 5.41) is 0. The number of hydrogen-bond acceptors (Lipinski definition) is 2.